The summed E-state index contributed by atoms with van der Waals surface area (Å²) in [5, 5.41) is 3.71. The van der Waals surface area contributed by atoms with Crippen LogP contribution in [0.15, 0.2) is 4.52 Å². The molecule has 5 nitrogen and oxygen atoms in total. The highest BCUT2D eigenvalue weighted by Crippen LogP contribution is 2.00. The van der Waals surface area contributed by atoms with Gasteiger partial charge in [-0.25, -0.2) is 0 Å². The number of hydrogen-bond donors (Lipinski definition) is 1. The quantitative estimate of drug-likeness (QED) is 0.763. The van der Waals surface area contributed by atoms with Gasteiger partial charge in [0, 0.05) is 13.5 Å². The van der Waals surface area contributed by atoms with Gasteiger partial charge in [0.25, 0.3) is 0 Å². The predicted molar refractivity (Wildman–Crippen MR) is 49.6 cm³/mol. The summed E-state index contributed by atoms with van der Waals surface area (Å²) in [6, 6.07) is 0. The summed E-state index contributed by atoms with van der Waals surface area (Å²) in [5.74, 6) is 1.22. The summed E-state index contributed by atoms with van der Waals surface area (Å²) in [4.78, 5) is 4.08. The summed E-state index contributed by atoms with van der Waals surface area (Å²) in [7, 11) is 1.59. The first-order valence-electron chi connectivity index (χ1n) is 3.87. The molecule has 0 bridgehead atoms. The number of aryl methyl sites for hydroxylation is 1. The topological polar surface area (TPSA) is 74.2 Å². The summed E-state index contributed by atoms with van der Waals surface area (Å²) in [6.45, 7) is 1.04. The minimum Gasteiger partial charge on any atom is -0.377 e. The van der Waals surface area contributed by atoms with Crippen molar-refractivity contribution in [3.8, 4) is 0 Å². The zero-order valence-electron chi connectivity index (χ0n) is 7.52. The van der Waals surface area contributed by atoms with Crippen molar-refractivity contribution in [1.82, 2.24) is 10.1 Å². The van der Waals surface area contributed by atoms with E-state index in [0.717, 1.165) is 12.8 Å². The maximum atomic E-state index is 5.33. The normalized spacial score (nSPS) is 9.69. The Morgan fingerprint density at radius 3 is 2.92 bits per heavy atom. The average molecular weight is 208 g/mol. The molecular weight excluding hydrogens is 194 g/mol. The van der Waals surface area contributed by atoms with Gasteiger partial charge >= 0.3 is 0 Å². The lowest BCUT2D eigenvalue weighted by Crippen LogP contribution is -2.00. The van der Waals surface area contributed by atoms with Crippen molar-refractivity contribution in [1.29, 1.82) is 0 Å². The molecule has 0 spiro atoms. The third-order valence-electron chi connectivity index (χ3n) is 1.38. The second-order valence-corrected chi connectivity index (χ2v) is 2.43. The van der Waals surface area contributed by atoms with E-state index in [0.29, 0.717) is 24.9 Å². The molecule has 1 rings (SSSR count). The lowest BCUT2D eigenvalue weighted by Gasteiger charge is -1.88. The summed E-state index contributed by atoms with van der Waals surface area (Å²) >= 11 is 0. The first kappa shape index (κ1) is 12.3. The zero-order chi connectivity index (χ0) is 8.81. The molecule has 0 atom stereocenters. The molecule has 0 aromatic carbocycles. The van der Waals surface area contributed by atoms with Crippen LogP contribution in [-0.2, 0) is 17.8 Å². The van der Waals surface area contributed by atoms with Crippen molar-refractivity contribution in [2.75, 3.05) is 13.7 Å². The van der Waals surface area contributed by atoms with E-state index in [1.54, 1.807) is 7.11 Å². The molecular formula is C7H14ClN3O2. The van der Waals surface area contributed by atoms with Gasteiger partial charge in [-0.05, 0) is 13.0 Å². The molecule has 0 unspecified atom stereocenters. The maximum absolute atomic E-state index is 5.33. The number of ether oxygens (including phenoxy) is 1. The molecule has 0 aliphatic heterocycles. The number of nitrogens with two attached hydrogens (primary N) is 1. The molecule has 1 aromatic rings. The molecule has 0 radical (unpaired) electrons. The Hall–Kier alpha value is -0.650. The fourth-order valence-corrected chi connectivity index (χ4v) is 0.833. The molecule has 6 heteroatoms. The standard InChI is InChI=1S/C7H13N3O2.ClH/c1-11-5-6-9-7(12-10-6)3-2-4-8;/h2-5,8H2,1H3;1H. The first-order chi connectivity index (χ1) is 5.86. The number of aromatic nitrogens is 2. The van der Waals surface area contributed by atoms with Gasteiger partial charge in [0.1, 0.15) is 6.61 Å². The van der Waals surface area contributed by atoms with E-state index in [1.807, 2.05) is 0 Å². The van der Waals surface area contributed by atoms with Gasteiger partial charge in [-0.3, -0.25) is 0 Å². The zero-order valence-corrected chi connectivity index (χ0v) is 8.34. The lowest BCUT2D eigenvalue weighted by molar-refractivity contribution is 0.174. The van der Waals surface area contributed by atoms with E-state index >= 15 is 0 Å². The van der Waals surface area contributed by atoms with E-state index in [2.05, 4.69) is 10.1 Å². The van der Waals surface area contributed by atoms with Crippen LogP contribution in [0, 0.1) is 0 Å². The number of rotatable bonds is 5. The first-order valence-corrected chi connectivity index (χ1v) is 3.87. The second-order valence-electron chi connectivity index (χ2n) is 2.43. The Morgan fingerprint density at radius 2 is 2.31 bits per heavy atom. The molecule has 0 aliphatic carbocycles. The third kappa shape index (κ3) is 4.21. The Balaban J connectivity index is 0.00000144. The van der Waals surface area contributed by atoms with Crippen molar-refractivity contribution >= 4 is 12.4 Å². The smallest absolute Gasteiger partial charge is 0.226 e. The van der Waals surface area contributed by atoms with Crippen molar-refractivity contribution in [3.05, 3.63) is 11.7 Å². The summed E-state index contributed by atoms with van der Waals surface area (Å²) in [5.41, 5.74) is 5.33. The Morgan fingerprint density at radius 1 is 1.54 bits per heavy atom. The van der Waals surface area contributed by atoms with Crippen LogP contribution < -0.4 is 5.73 Å². The molecule has 76 valence electrons. The lowest BCUT2D eigenvalue weighted by atomic mass is 10.3. The van der Waals surface area contributed by atoms with Crippen LogP contribution in [0.1, 0.15) is 18.1 Å². The van der Waals surface area contributed by atoms with Crippen LogP contribution in [0.4, 0.5) is 0 Å². The van der Waals surface area contributed by atoms with Gasteiger partial charge in [-0.1, -0.05) is 5.16 Å². The third-order valence-corrected chi connectivity index (χ3v) is 1.38. The highest BCUT2D eigenvalue weighted by molar-refractivity contribution is 5.85. The van der Waals surface area contributed by atoms with Crippen LogP contribution in [0.25, 0.3) is 0 Å². The van der Waals surface area contributed by atoms with E-state index in [-0.39, 0.29) is 12.4 Å². The highest BCUT2D eigenvalue weighted by Gasteiger charge is 2.04. The monoisotopic (exact) mass is 207 g/mol. The minimum absolute atomic E-state index is 0. The molecule has 0 amide bonds. The van der Waals surface area contributed by atoms with E-state index < -0.39 is 0 Å². The fourth-order valence-electron chi connectivity index (χ4n) is 0.833. The van der Waals surface area contributed by atoms with Gasteiger partial charge in [0.2, 0.25) is 5.89 Å². The molecule has 1 heterocycles. The van der Waals surface area contributed by atoms with E-state index in [9.17, 15) is 0 Å². The van der Waals surface area contributed by atoms with Crippen molar-refractivity contribution in [3.63, 3.8) is 0 Å². The number of halogens is 1. The molecule has 0 fully saturated rings. The molecule has 0 aliphatic rings. The number of nitrogens with zero attached hydrogens (tertiary/aromatic N) is 2. The molecule has 13 heavy (non-hydrogen) atoms. The molecule has 0 saturated carbocycles. The van der Waals surface area contributed by atoms with Crippen molar-refractivity contribution in [2.45, 2.75) is 19.4 Å². The predicted octanol–water partition coefficient (Wildman–Crippen LogP) is 0.529. The van der Waals surface area contributed by atoms with Crippen LogP contribution in [0.3, 0.4) is 0 Å². The Labute approximate surface area is 83.0 Å². The van der Waals surface area contributed by atoms with E-state index in [4.69, 9.17) is 15.0 Å². The number of hydrogen-bond acceptors (Lipinski definition) is 5. The Bertz CT molecular complexity index is 229. The maximum Gasteiger partial charge on any atom is 0.226 e. The van der Waals surface area contributed by atoms with Crippen LogP contribution in [0.5, 0.6) is 0 Å². The highest BCUT2D eigenvalue weighted by atomic mass is 35.5. The SMILES string of the molecule is COCc1noc(CCCN)n1.Cl. The average Bonchev–Trinajstić information content (AvgIpc) is 2.50. The largest absolute Gasteiger partial charge is 0.377 e. The number of methoxy groups -OCH3 is 1. The Kier molecular flexibility index (Phi) is 6.48. The van der Waals surface area contributed by atoms with Gasteiger partial charge < -0.3 is 15.0 Å². The van der Waals surface area contributed by atoms with E-state index in [1.165, 1.54) is 0 Å². The molecule has 1 aromatic heterocycles. The second kappa shape index (κ2) is 6.82. The van der Waals surface area contributed by atoms with Gasteiger partial charge in [-0.2, -0.15) is 4.98 Å². The minimum atomic E-state index is 0. The van der Waals surface area contributed by atoms with Gasteiger partial charge in [-0.15, -0.1) is 12.4 Å². The molecule has 0 saturated heterocycles. The van der Waals surface area contributed by atoms with Crippen molar-refractivity contribution < 1.29 is 9.26 Å². The van der Waals surface area contributed by atoms with Crippen LogP contribution in [0.2, 0.25) is 0 Å². The van der Waals surface area contributed by atoms with Gasteiger partial charge in [0.05, 0.1) is 0 Å². The fraction of sp³-hybridized carbons (Fsp3) is 0.714. The molecule has 2 N–H and O–H groups in total. The van der Waals surface area contributed by atoms with Crippen LogP contribution in [-0.4, -0.2) is 23.8 Å². The summed E-state index contributed by atoms with van der Waals surface area (Å²) < 4.78 is 9.76. The summed E-state index contributed by atoms with van der Waals surface area (Å²) in [6.07, 6.45) is 1.61. The van der Waals surface area contributed by atoms with Gasteiger partial charge in [0.15, 0.2) is 5.82 Å². The van der Waals surface area contributed by atoms with Crippen LogP contribution >= 0.6 is 12.4 Å². The van der Waals surface area contributed by atoms with Crippen molar-refractivity contribution in [2.24, 2.45) is 5.73 Å².